The maximum atomic E-state index is 3.98. The molecule has 29 nitrogen and oxygen atoms in total. The third-order valence-corrected chi connectivity index (χ3v) is 9.23. The molecule has 0 N–H and O–H groups in total. The summed E-state index contributed by atoms with van der Waals surface area (Å²) in [5.74, 6) is 3.15. The zero-order valence-electron chi connectivity index (χ0n) is 66.3. The number of azo groups is 2. The van der Waals surface area contributed by atoms with Crippen LogP contribution in [0.15, 0.2) is 210 Å². The van der Waals surface area contributed by atoms with Crippen molar-refractivity contribution in [3.63, 3.8) is 0 Å². The minimum absolute atomic E-state index is 0.534. The van der Waals surface area contributed by atoms with Gasteiger partial charge in [0.1, 0.15) is 43.4 Å². The van der Waals surface area contributed by atoms with Crippen molar-refractivity contribution in [2.45, 2.75) is 187 Å². The number of tetrazole rings is 2. The first-order chi connectivity index (χ1) is 48.9. The van der Waals surface area contributed by atoms with Gasteiger partial charge in [-0.2, -0.15) is 25.3 Å². The predicted molar refractivity (Wildman–Crippen MR) is 416 cm³/mol. The number of nitrogens with zero attached hydrogens (tertiary/aromatic N) is 29. The highest BCUT2D eigenvalue weighted by molar-refractivity contribution is 6.30. The van der Waals surface area contributed by atoms with Crippen molar-refractivity contribution in [1.82, 2.24) is 95.2 Å². The maximum absolute atomic E-state index is 3.98. The summed E-state index contributed by atoms with van der Waals surface area (Å²) >= 11 is 0. The Bertz CT molecular complexity index is 2880. The molecular formula is C72H121N29. The molecule has 0 aromatic carbocycles. The lowest BCUT2D eigenvalue weighted by Gasteiger charge is -1.82. The molecule has 0 atom stereocenters. The van der Waals surface area contributed by atoms with Crippen molar-refractivity contribution in [3.05, 3.63) is 211 Å². The van der Waals surface area contributed by atoms with Crippen molar-refractivity contribution in [2.75, 3.05) is 26.4 Å². The molecule has 9 aromatic rings. The minimum Gasteiger partial charge on any atom is -0.268 e. The predicted octanol–water partition coefficient (Wildman–Crippen LogP) is 17.0. The molecule has 0 bridgehead atoms. The Morgan fingerprint density at radius 2 is 1.00 bits per heavy atom. The van der Waals surface area contributed by atoms with Crippen LogP contribution in [-0.2, 0) is 14.1 Å². The van der Waals surface area contributed by atoms with Gasteiger partial charge in [-0.05, 0) is 176 Å². The molecule has 101 heavy (non-hydrogen) atoms. The van der Waals surface area contributed by atoms with E-state index in [1.165, 1.54) is 34.2 Å². The summed E-state index contributed by atoms with van der Waals surface area (Å²) in [4.78, 5) is 55.3. The van der Waals surface area contributed by atoms with Crippen LogP contribution in [0.2, 0.25) is 0 Å². The fourth-order valence-electron chi connectivity index (χ4n) is 4.73. The molecule has 4 aliphatic rings. The average Bonchev–Trinajstić information content (AvgIpc) is 1.97. The van der Waals surface area contributed by atoms with Crippen LogP contribution < -0.4 is 0 Å². The molecule has 0 amide bonds. The molecular weight excluding hydrogens is 1270 g/mol. The molecule has 13 rings (SSSR count). The molecule has 0 aliphatic carbocycles. The van der Waals surface area contributed by atoms with Gasteiger partial charge in [-0.25, -0.2) is 39.6 Å². The molecule has 4 aliphatic heterocycles. The quantitative estimate of drug-likeness (QED) is 0.136. The van der Waals surface area contributed by atoms with Crippen molar-refractivity contribution in [3.8, 4) is 0 Å². The Hall–Kier alpha value is -10.9. The van der Waals surface area contributed by atoms with Gasteiger partial charge >= 0.3 is 0 Å². The first-order valence-corrected chi connectivity index (χ1v) is 33.7. The van der Waals surface area contributed by atoms with Crippen molar-refractivity contribution in [1.29, 1.82) is 0 Å². The van der Waals surface area contributed by atoms with Gasteiger partial charge in [0.05, 0.1) is 30.7 Å². The van der Waals surface area contributed by atoms with E-state index in [1.54, 1.807) is 119 Å². The molecule has 29 heteroatoms. The van der Waals surface area contributed by atoms with E-state index in [-0.39, 0.29) is 0 Å². The summed E-state index contributed by atoms with van der Waals surface area (Å²) < 4.78 is 1.61. The van der Waals surface area contributed by atoms with Gasteiger partial charge in [-0.3, -0.25) is 34.9 Å². The van der Waals surface area contributed by atoms with Gasteiger partial charge in [0, 0.05) is 111 Å². The van der Waals surface area contributed by atoms with Crippen LogP contribution in [0.1, 0.15) is 176 Å². The maximum Gasteiger partial charge on any atom is 0.171 e. The lowest BCUT2D eigenvalue weighted by Crippen LogP contribution is -1.92. The van der Waals surface area contributed by atoms with Gasteiger partial charge in [0.25, 0.3) is 0 Å². The highest BCUT2D eigenvalue weighted by atomic mass is 15.6. The highest BCUT2D eigenvalue weighted by Crippen LogP contribution is 2.01. The van der Waals surface area contributed by atoms with Crippen LogP contribution in [0.25, 0.3) is 0 Å². The number of hydrogen-bond acceptors (Lipinski definition) is 27. The van der Waals surface area contributed by atoms with E-state index in [1.807, 2.05) is 235 Å². The van der Waals surface area contributed by atoms with E-state index in [2.05, 4.69) is 137 Å². The van der Waals surface area contributed by atoms with Crippen LogP contribution in [0.3, 0.4) is 0 Å². The molecule has 0 unspecified atom stereocenters. The molecule has 0 saturated heterocycles. The second-order valence-corrected chi connectivity index (χ2v) is 17.6. The monoisotopic (exact) mass is 1390 g/mol. The first kappa shape index (κ1) is 104. The second kappa shape index (κ2) is 83.4. The standard InChI is InChI=1S/3C6H7N.4C5H6N2.2C4H6N2.2C3H6N4.2C3H5N3.7C2H6/c1-6-2-4-7-5-3-6;1-6-3-2-4-7-5-6;1-6-4-2-3-5-7-6;1-5-2-6-4-7-3-5;1-5-4-6-2-3-7-5;1-5-2-3-6-4-7-5;1-5-6-3-2-4-7-5;1-4-2-5-3-6-4;1-4-2-5-6-3-4;1-3-4-5-6-7(3)2;1-3-4-6-7(2)5-3;1-3-4-2-5-6-3;1-3-2-4-6-5-3;7*1-2/h3*2-5H,1H3;4*2-4H,1H3;2*2H,3H2,1H3;2*1-2H3;2*2H2,1H3;7*1-2H3. The molecule has 0 spiro atoms. The van der Waals surface area contributed by atoms with Crippen LogP contribution in [0, 0.1) is 62.3 Å². The number of aromatic nitrogens is 19. The average molecular weight is 1390 g/mol. The Balaban J connectivity index is -0.000000187. The van der Waals surface area contributed by atoms with Gasteiger partial charge < -0.3 is 0 Å². The first-order valence-electron chi connectivity index (χ1n) is 33.7. The number of aliphatic imine (C=N–C) groups is 3. The van der Waals surface area contributed by atoms with Gasteiger partial charge in [-0.15, -0.1) is 25.5 Å². The Morgan fingerprint density at radius 1 is 0.406 bits per heavy atom. The van der Waals surface area contributed by atoms with Crippen molar-refractivity contribution < 1.29 is 0 Å². The molecule has 9 aromatic heterocycles. The highest BCUT2D eigenvalue weighted by Gasteiger charge is 1.93. The third-order valence-electron chi connectivity index (χ3n) is 9.23. The molecule has 554 valence electrons. The van der Waals surface area contributed by atoms with E-state index >= 15 is 0 Å². The topological polar surface area (TPSA) is 353 Å². The van der Waals surface area contributed by atoms with Crippen LogP contribution in [0.5, 0.6) is 0 Å². The molecule has 0 fully saturated rings. The number of pyridine rings is 3. The molecule has 0 saturated carbocycles. The van der Waals surface area contributed by atoms with Crippen LogP contribution >= 0.6 is 0 Å². The van der Waals surface area contributed by atoms with Crippen molar-refractivity contribution in [2.24, 2.45) is 65.0 Å². The van der Waals surface area contributed by atoms with Crippen molar-refractivity contribution >= 4 is 23.5 Å². The fraction of sp³-hybridized carbons (Fsp3) is 0.458. The summed E-state index contributed by atoms with van der Waals surface area (Å²) in [6, 6.07) is 17.4. The SMILES string of the molecule is CC.CC.CC.CC.CC.CC.CC.CC1=CN=NC1.CC1=NCN=C1.CC1=NCN=N1.CC1=NN=NC1.Cc1ccccn1.Cc1cccnc1.Cc1ccncc1.Cc1ccncn1.Cc1cnccn1.Cc1cncnc1.Cc1ncccn1.Cc1nnn(C)n1.Cc1nnnn1C. The smallest absolute Gasteiger partial charge is 0.171 e. The summed E-state index contributed by atoms with van der Waals surface area (Å²) in [6.07, 6.45) is 29.4. The van der Waals surface area contributed by atoms with E-state index < -0.39 is 0 Å². The summed E-state index contributed by atoms with van der Waals surface area (Å²) in [6.45, 7) is 55.7. The minimum atomic E-state index is 0.534. The molecule has 13 heterocycles. The van der Waals surface area contributed by atoms with E-state index in [9.17, 15) is 0 Å². The third kappa shape index (κ3) is 79.7. The summed E-state index contributed by atoms with van der Waals surface area (Å²) in [5.41, 5.74) is 9.89. The van der Waals surface area contributed by atoms with E-state index in [0.717, 1.165) is 58.1 Å². The lowest BCUT2D eigenvalue weighted by atomic mass is 10.3. The van der Waals surface area contributed by atoms with Gasteiger partial charge in [-0.1, -0.05) is 109 Å². The van der Waals surface area contributed by atoms with Crippen LogP contribution in [-0.4, -0.2) is 145 Å². The van der Waals surface area contributed by atoms with Gasteiger partial charge in [0.15, 0.2) is 12.5 Å². The van der Waals surface area contributed by atoms with Gasteiger partial charge in [0.2, 0.25) is 0 Å². The Morgan fingerprint density at radius 3 is 1.20 bits per heavy atom. The Kier molecular flexibility index (Phi) is 85.5. The zero-order chi connectivity index (χ0) is 78.0. The van der Waals surface area contributed by atoms with E-state index in [0.29, 0.717) is 25.7 Å². The Labute approximate surface area is 605 Å². The second-order valence-electron chi connectivity index (χ2n) is 17.6. The fourth-order valence-corrected chi connectivity index (χ4v) is 4.73. The summed E-state index contributed by atoms with van der Waals surface area (Å²) in [7, 11) is 3.54. The number of amidine groups is 1. The zero-order valence-corrected chi connectivity index (χ0v) is 66.3. The largest absolute Gasteiger partial charge is 0.268 e. The number of aryl methyl sites for hydroxylation is 11. The normalized spacial score (nSPS) is 10.3. The summed E-state index contributed by atoms with van der Waals surface area (Å²) in [5, 5.41) is 46.7. The number of hydrogen-bond donors (Lipinski definition) is 0. The lowest BCUT2D eigenvalue weighted by molar-refractivity contribution is 0.629. The van der Waals surface area contributed by atoms with E-state index in [4.69, 9.17) is 0 Å². The van der Waals surface area contributed by atoms with Crippen LogP contribution in [0.4, 0.5) is 0 Å². The number of rotatable bonds is 0. The molecule has 0 radical (unpaired) electrons.